The Labute approximate surface area is 118 Å². The summed E-state index contributed by atoms with van der Waals surface area (Å²) in [7, 11) is -0.481. The van der Waals surface area contributed by atoms with Crippen LogP contribution in [0.4, 0.5) is 0 Å². The maximum absolute atomic E-state index is 12.4. The molecule has 2 heterocycles. The SMILES string of the molecule is CN(CC1CCCCO1)S(=O)(=O)c1ncn(C)c1Cl. The van der Waals surface area contributed by atoms with E-state index in [0.717, 1.165) is 19.3 Å². The van der Waals surface area contributed by atoms with Crippen molar-refractivity contribution in [1.29, 1.82) is 0 Å². The van der Waals surface area contributed by atoms with Crippen molar-refractivity contribution in [3.63, 3.8) is 0 Å². The third kappa shape index (κ3) is 3.10. The minimum atomic E-state index is -3.66. The van der Waals surface area contributed by atoms with Gasteiger partial charge < -0.3 is 9.30 Å². The highest BCUT2D eigenvalue weighted by atomic mass is 35.5. The number of nitrogens with zero attached hydrogens (tertiary/aromatic N) is 3. The van der Waals surface area contributed by atoms with E-state index in [1.165, 1.54) is 22.2 Å². The Balaban J connectivity index is 2.12. The van der Waals surface area contributed by atoms with Gasteiger partial charge in [0, 0.05) is 27.2 Å². The average Bonchev–Trinajstić information content (AvgIpc) is 2.71. The predicted molar refractivity (Wildman–Crippen MR) is 71.6 cm³/mol. The molecule has 1 fully saturated rings. The van der Waals surface area contributed by atoms with Gasteiger partial charge in [0.2, 0.25) is 5.03 Å². The minimum Gasteiger partial charge on any atom is -0.377 e. The van der Waals surface area contributed by atoms with Gasteiger partial charge in [-0.15, -0.1) is 0 Å². The Morgan fingerprint density at radius 3 is 2.84 bits per heavy atom. The van der Waals surface area contributed by atoms with Crippen LogP contribution in [0.15, 0.2) is 11.4 Å². The quantitative estimate of drug-likeness (QED) is 0.840. The fraction of sp³-hybridized carbons (Fsp3) is 0.727. The summed E-state index contributed by atoms with van der Waals surface area (Å²) in [5.74, 6) is 0. The van der Waals surface area contributed by atoms with E-state index in [1.54, 1.807) is 7.05 Å². The summed E-state index contributed by atoms with van der Waals surface area (Å²) >= 11 is 5.94. The number of aromatic nitrogens is 2. The Morgan fingerprint density at radius 1 is 1.58 bits per heavy atom. The van der Waals surface area contributed by atoms with Crippen molar-refractivity contribution in [2.45, 2.75) is 30.4 Å². The second kappa shape index (κ2) is 5.78. The molecule has 1 aliphatic heterocycles. The monoisotopic (exact) mass is 307 g/mol. The summed E-state index contributed by atoms with van der Waals surface area (Å²) in [4.78, 5) is 3.86. The number of hydrogen-bond acceptors (Lipinski definition) is 4. The van der Waals surface area contributed by atoms with Crippen LogP contribution in [-0.2, 0) is 21.8 Å². The lowest BCUT2D eigenvalue weighted by Crippen LogP contribution is -2.37. The molecule has 1 saturated heterocycles. The van der Waals surface area contributed by atoms with Crippen molar-refractivity contribution >= 4 is 21.6 Å². The molecule has 1 unspecified atom stereocenters. The molecule has 1 aromatic heterocycles. The molecule has 108 valence electrons. The van der Waals surface area contributed by atoms with Gasteiger partial charge in [-0.3, -0.25) is 0 Å². The summed E-state index contributed by atoms with van der Waals surface area (Å²) in [6.07, 6.45) is 4.34. The van der Waals surface area contributed by atoms with E-state index in [4.69, 9.17) is 16.3 Å². The van der Waals surface area contributed by atoms with Crippen LogP contribution in [0, 0.1) is 0 Å². The molecule has 1 aliphatic rings. The molecule has 0 spiro atoms. The van der Waals surface area contributed by atoms with Crippen LogP contribution in [0.25, 0.3) is 0 Å². The molecule has 0 saturated carbocycles. The van der Waals surface area contributed by atoms with E-state index >= 15 is 0 Å². The molecule has 0 radical (unpaired) electrons. The largest absolute Gasteiger partial charge is 0.377 e. The molecule has 0 aliphatic carbocycles. The van der Waals surface area contributed by atoms with Gasteiger partial charge >= 0.3 is 0 Å². The van der Waals surface area contributed by atoms with Crippen molar-refractivity contribution in [2.75, 3.05) is 20.2 Å². The fourth-order valence-corrected chi connectivity index (χ4v) is 3.63. The van der Waals surface area contributed by atoms with Gasteiger partial charge in [0.15, 0.2) is 0 Å². The molecule has 0 bridgehead atoms. The molecule has 0 aromatic carbocycles. The van der Waals surface area contributed by atoms with Crippen LogP contribution in [0.3, 0.4) is 0 Å². The molecule has 6 nitrogen and oxygen atoms in total. The number of halogens is 1. The van der Waals surface area contributed by atoms with Gasteiger partial charge in [-0.05, 0) is 19.3 Å². The standard InChI is InChI=1S/C11H18ClN3O3S/c1-14-8-13-11(10(14)12)19(16,17)15(2)7-9-5-3-4-6-18-9/h8-9H,3-7H2,1-2H3. The molecule has 8 heteroatoms. The molecule has 2 rings (SSSR count). The molecule has 0 N–H and O–H groups in total. The van der Waals surface area contributed by atoms with Gasteiger partial charge in [0.1, 0.15) is 5.15 Å². The smallest absolute Gasteiger partial charge is 0.263 e. The molecule has 0 amide bonds. The number of imidazole rings is 1. The number of sulfonamides is 1. The van der Waals surface area contributed by atoms with E-state index in [0.29, 0.717) is 13.2 Å². The molecular weight excluding hydrogens is 290 g/mol. The second-order valence-electron chi connectivity index (χ2n) is 4.73. The first-order valence-electron chi connectivity index (χ1n) is 6.17. The number of hydrogen-bond donors (Lipinski definition) is 0. The van der Waals surface area contributed by atoms with Crippen molar-refractivity contribution < 1.29 is 13.2 Å². The number of aryl methyl sites for hydroxylation is 1. The maximum Gasteiger partial charge on any atom is 0.263 e. The maximum atomic E-state index is 12.4. The zero-order chi connectivity index (χ0) is 14.0. The van der Waals surface area contributed by atoms with E-state index < -0.39 is 10.0 Å². The highest BCUT2D eigenvalue weighted by molar-refractivity contribution is 7.89. The third-order valence-electron chi connectivity index (χ3n) is 3.22. The second-order valence-corrected chi connectivity index (χ2v) is 7.04. The van der Waals surface area contributed by atoms with Gasteiger partial charge in [0.05, 0.1) is 12.4 Å². The van der Waals surface area contributed by atoms with E-state index in [2.05, 4.69) is 4.98 Å². The zero-order valence-electron chi connectivity index (χ0n) is 11.0. The van der Waals surface area contributed by atoms with Crippen LogP contribution in [0.5, 0.6) is 0 Å². The van der Waals surface area contributed by atoms with E-state index in [1.807, 2.05) is 0 Å². The van der Waals surface area contributed by atoms with Gasteiger partial charge in [0.25, 0.3) is 10.0 Å². The van der Waals surface area contributed by atoms with Crippen LogP contribution in [0.2, 0.25) is 5.15 Å². The summed E-state index contributed by atoms with van der Waals surface area (Å²) in [5.41, 5.74) is 0. The Bertz CT molecular complexity index is 537. The van der Waals surface area contributed by atoms with Crippen molar-refractivity contribution in [1.82, 2.24) is 13.9 Å². The van der Waals surface area contributed by atoms with Gasteiger partial charge in [-0.25, -0.2) is 13.4 Å². The highest BCUT2D eigenvalue weighted by Crippen LogP contribution is 2.23. The van der Waals surface area contributed by atoms with Crippen molar-refractivity contribution in [3.8, 4) is 0 Å². The first-order valence-corrected chi connectivity index (χ1v) is 7.99. The summed E-state index contributed by atoms with van der Waals surface area (Å²) in [6.45, 7) is 1.03. The predicted octanol–water partition coefficient (Wildman–Crippen LogP) is 1.26. The molecule has 1 atom stereocenters. The lowest BCUT2D eigenvalue weighted by atomic mass is 10.1. The number of rotatable bonds is 4. The number of ether oxygens (including phenoxy) is 1. The summed E-state index contributed by atoms with van der Waals surface area (Å²) in [5, 5.41) is 0.0198. The molecule has 1 aromatic rings. The van der Waals surface area contributed by atoms with Crippen molar-refractivity contribution in [2.24, 2.45) is 7.05 Å². The Morgan fingerprint density at radius 2 is 2.32 bits per heavy atom. The summed E-state index contributed by atoms with van der Waals surface area (Å²) < 4.78 is 33.0. The normalized spacial score (nSPS) is 20.9. The van der Waals surface area contributed by atoms with Gasteiger partial charge in [-0.2, -0.15) is 4.31 Å². The van der Waals surface area contributed by atoms with Gasteiger partial charge in [-0.1, -0.05) is 11.6 Å². The lowest BCUT2D eigenvalue weighted by Gasteiger charge is -2.26. The third-order valence-corrected chi connectivity index (χ3v) is 5.54. The van der Waals surface area contributed by atoms with Crippen LogP contribution in [-0.4, -0.2) is 48.6 Å². The van der Waals surface area contributed by atoms with Crippen LogP contribution in [0.1, 0.15) is 19.3 Å². The zero-order valence-corrected chi connectivity index (χ0v) is 12.6. The highest BCUT2D eigenvalue weighted by Gasteiger charge is 2.29. The number of likely N-dealkylation sites (N-methyl/N-ethyl adjacent to an activating group) is 1. The minimum absolute atomic E-state index is 0.0454. The van der Waals surface area contributed by atoms with Crippen LogP contribution >= 0.6 is 11.6 Å². The first-order chi connectivity index (χ1) is 8.93. The topological polar surface area (TPSA) is 64.4 Å². The van der Waals surface area contributed by atoms with E-state index in [-0.39, 0.29) is 16.3 Å². The average molecular weight is 308 g/mol. The first kappa shape index (κ1) is 14.8. The van der Waals surface area contributed by atoms with Crippen LogP contribution < -0.4 is 0 Å². The van der Waals surface area contributed by atoms with Crippen molar-refractivity contribution in [3.05, 3.63) is 11.5 Å². The fourth-order valence-electron chi connectivity index (χ4n) is 2.05. The lowest BCUT2D eigenvalue weighted by molar-refractivity contribution is 0.00856. The van der Waals surface area contributed by atoms with E-state index in [9.17, 15) is 8.42 Å². The summed E-state index contributed by atoms with van der Waals surface area (Å²) in [6, 6.07) is 0. The Hall–Kier alpha value is -0.630. The molecule has 19 heavy (non-hydrogen) atoms. The Kier molecular flexibility index (Phi) is 4.50. The molecular formula is C11H18ClN3O3S.